The van der Waals surface area contributed by atoms with Crippen molar-refractivity contribution in [3.63, 3.8) is 0 Å². The molecule has 2 nitrogen and oxygen atoms in total. The molecule has 0 spiro atoms. The molecule has 0 radical (unpaired) electrons. The lowest BCUT2D eigenvalue weighted by Gasteiger charge is -2.07. The summed E-state index contributed by atoms with van der Waals surface area (Å²) in [6.45, 7) is 0. The summed E-state index contributed by atoms with van der Waals surface area (Å²) in [6.07, 6.45) is 0.295. The summed E-state index contributed by atoms with van der Waals surface area (Å²) in [7, 11) is 0. The lowest BCUT2D eigenvalue weighted by Crippen LogP contribution is -2.24. The number of benzene rings is 1. The Hall–Kier alpha value is -0.0900. The van der Waals surface area contributed by atoms with Gasteiger partial charge in [-0.25, -0.2) is 0 Å². The Labute approximate surface area is 91.7 Å². The van der Waals surface area contributed by atoms with Crippen LogP contribution in [-0.4, -0.2) is 11.1 Å². The second-order valence-electron chi connectivity index (χ2n) is 3.16. The number of aliphatic hydroxyl groups excluding tert-OH is 1. The lowest BCUT2D eigenvalue weighted by molar-refractivity contribution is 0.159. The molecule has 13 heavy (non-hydrogen) atoms. The average Bonchev–Trinajstić information content (AvgIpc) is 2.28. The van der Waals surface area contributed by atoms with Crippen LogP contribution >= 0.6 is 28.3 Å². The summed E-state index contributed by atoms with van der Waals surface area (Å²) in [5.74, 6) is 0. The Morgan fingerprint density at radius 2 is 2.15 bits per heavy atom. The Bertz CT molecular complexity index is 318. The maximum Gasteiger partial charge on any atom is 0.0946 e. The number of hydrogen-bond acceptors (Lipinski definition) is 2. The Balaban J connectivity index is 0.000000845. The van der Waals surface area contributed by atoms with E-state index in [0.717, 1.165) is 22.0 Å². The van der Waals surface area contributed by atoms with E-state index in [-0.39, 0.29) is 18.4 Å². The van der Waals surface area contributed by atoms with Crippen LogP contribution in [0.4, 0.5) is 0 Å². The van der Waals surface area contributed by atoms with E-state index in [2.05, 4.69) is 15.9 Å². The Kier molecular flexibility index (Phi) is 3.35. The number of halogens is 2. The van der Waals surface area contributed by atoms with Crippen molar-refractivity contribution in [1.29, 1.82) is 0 Å². The van der Waals surface area contributed by atoms with Crippen molar-refractivity contribution in [3.8, 4) is 0 Å². The van der Waals surface area contributed by atoms with Crippen LogP contribution in [0.2, 0.25) is 0 Å². The molecule has 2 unspecified atom stereocenters. The van der Waals surface area contributed by atoms with Gasteiger partial charge in [-0.15, -0.1) is 12.4 Å². The molecule has 0 aliphatic heterocycles. The molecular weight excluding hydrogens is 253 g/mol. The highest BCUT2D eigenvalue weighted by Gasteiger charge is 2.27. The zero-order valence-corrected chi connectivity index (χ0v) is 9.31. The predicted molar refractivity (Wildman–Crippen MR) is 58.0 cm³/mol. The van der Waals surface area contributed by atoms with Crippen molar-refractivity contribution >= 4 is 28.3 Å². The zero-order valence-electron chi connectivity index (χ0n) is 6.90. The molecule has 0 saturated carbocycles. The summed E-state index contributed by atoms with van der Waals surface area (Å²) in [6, 6.07) is 5.75. The fourth-order valence-corrected chi connectivity index (χ4v) is 2.04. The summed E-state index contributed by atoms with van der Waals surface area (Å²) >= 11 is 3.38. The standard InChI is InChI=1S/C9H10BrNO.ClH/c10-6-1-2-7-5(3-6)4-8(11)9(7)12;/h1-3,8-9,12H,4,11H2;1H. The molecule has 72 valence electrons. The third-order valence-corrected chi connectivity index (χ3v) is 2.78. The Morgan fingerprint density at radius 3 is 2.85 bits per heavy atom. The van der Waals surface area contributed by atoms with Gasteiger partial charge in [0, 0.05) is 10.5 Å². The highest BCUT2D eigenvalue weighted by Crippen LogP contribution is 2.31. The zero-order chi connectivity index (χ0) is 8.72. The van der Waals surface area contributed by atoms with Gasteiger partial charge in [-0.05, 0) is 29.7 Å². The van der Waals surface area contributed by atoms with Crippen molar-refractivity contribution in [1.82, 2.24) is 0 Å². The fraction of sp³-hybridized carbons (Fsp3) is 0.333. The summed E-state index contributed by atoms with van der Waals surface area (Å²) < 4.78 is 1.04. The molecule has 4 heteroatoms. The van der Waals surface area contributed by atoms with E-state index in [1.54, 1.807) is 0 Å². The molecule has 0 aromatic heterocycles. The van der Waals surface area contributed by atoms with E-state index in [1.165, 1.54) is 0 Å². The van der Waals surface area contributed by atoms with Crippen LogP contribution in [0.15, 0.2) is 22.7 Å². The fourth-order valence-electron chi connectivity index (χ4n) is 1.64. The van der Waals surface area contributed by atoms with Gasteiger partial charge in [0.05, 0.1) is 6.10 Å². The van der Waals surface area contributed by atoms with Gasteiger partial charge < -0.3 is 10.8 Å². The molecular formula is C9H11BrClNO. The van der Waals surface area contributed by atoms with Crippen LogP contribution in [-0.2, 0) is 6.42 Å². The first kappa shape index (κ1) is 11.0. The van der Waals surface area contributed by atoms with Gasteiger partial charge in [-0.1, -0.05) is 22.0 Å². The number of hydrogen-bond donors (Lipinski definition) is 2. The summed E-state index contributed by atoms with van der Waals surface area (Å²) in [5.41, 5.74) is 7.85. The van der Waals surface area contributed by atoms with E-state index in [9.17, 15) is 5.11 Å². The van der Waals surface area contributed by atoms with E-state index in [0.29, 0.717) is 0 Å². The van der Waals surface area contributed by atoms with Crippen molar-refractivity contribution < 1.29 is 5.11 Å². The molecule has 0 heterocycles. The van der Waals surface area contributed by atoms with Crippen molar-refractivity contribution in [2.24, 2.45) is 5.73 Å². The van der Waals surface area contributed by atoms with E-state index in [4.69, 9.17) is 5.73 Å². The molecule has 0 amide bonds. The SMILES string of the molecule is Cl.NC1Cc2cc(Br)ccc2C1O. The molecule has 1 aromatic rings. The van der Waals surface area contributed by atoms with E-state index < -0.39 is 6.10 Å². The first-order valence-corrected chi connectivity index (χ1v) is 4.70. The second kappa shape index (κ2) is 3.96. The van der Waals surface area contributed by atoms with Gasteiger partial charge in [0.1, 0.15) is 0 Å². The second-order valence-corrected chi connectivity index (χ2v) is 4.07. The van der Waals surface area contributed by atoms with Crippen molar-refractivity contribution in [2.75, 3.05) is 0 Å². The smallest absolute Gasteiger partial charge is 0.0946 e. The molecule has 2 rings (SSSR count). The number of nitrogens with two attached hydrogens (primary N) is 1. The maximum atomic E-state index is 9.60. The minimum Gasteiger partial charge on any atom is -0.387 e. The van der Waals surface area contributed by atoms with Gasteiger partial charge in [0.2, 0.25) is 0 Å². The molecule has 0 fully saturated rings. The van der Waals surface area contributed by atoms with Crippen LogP contribution in [0, 0.1) is 0 Å². The topological polar surface area (TPSA) is 46.2 Å². The third-order valence-electron chi connectivity index (χ3n) is 2.28. The predicted octanol–water partition coefficient (Wildman–Crippen LogP) is 1.79. The van der Waals surface area contributed by atoms with Crippen LogP contribution in [0.25, 0.3) is 0 Å². The van der Waals surface area contributed by atoms with Crippen LogP contribution in [0.1, 0.15) is 17.2 Å². The molecule has 0 saturated heterocycles. The lowest BCUT2D eigenvalue weighted by atomic mass is 10.1. The highest BCUT2D eigenvalue weighted by molar-refractivity contribution is 9.10. The molecule has 1 aromatic carbocycles. The average molecular weight is 265 g/mol. The minimum atomic E-state index is -0.479. The largest absolute Gasteiger partial charge is 0.387 e. The number of fused-ring (bicyclic) bond motifs is 1. The normalized spacial score (nSPS) is 25.2. The van der Waals surface area contributed by atoms with Crippen molar-refractivity contribution in [2.45, 2.75) is 18.6 Å². The first-order chi connectivity index (χ1) is 5.68. The first-order valence-electron chi connectivity index (χ1n) is 3.90. The monoisotopic (exact) mass is 263 g/mol. The van der Waals surface area contributed by atoms with Gasteiger partial charge >= 0.3 is 0 Å². The van der Waals surface area contributed by atoms with Gasteiger partial charge in [0.25, 0.3) is 0 Å². The molecule has 3 N–H and O–H groups in total. The Morgan fingerprint density at radius 1 is 1.46 bits per heavy atom. The third kappa shape index (κ3) is 1.89. The quantitative estimate of drug-likeness (QED) is 0.750. The van der Waals surface area contributed by atoms with Gasteiger partial charge in [0.15, 0.2) is 0 Å². The van der Waals surface area contributed by atoms with E-state index in [1.807, 2.05) is 18.2 Å². The van der Waals surface area contributed by atoms with Crippen LogP contribution < -0.4 is 5.73 Å². The van der Waals surface area contributed by atoms with Gasteiger partial charge in [-0.3, -0.25) is 0 Å². The minimum absolute atomic E-state index is 0. The number of rotatable bonds is 0. The van der Waals surface area contributed by atoms with Crippen LogP contribution in [0.5, 0.6) is 0 Å². The molecule has 0 bridgehead atoms. The summed E-state index contributed by atoms with van der Waals surface area (Å²) in [5, 5.41) is 9.60. The van der Waals surface area contributed by atoms with E-state index >= 15 is 0 Å². The van der Waals surface area contributed by atoms with Crippen molar-refractivity contribution in [3.05, 3.63) is 33.8 Å². The molecule has 1 aliphatic rings. The van der Waals surface area contributed by atoms with Gasteiger partial charge in [-0.2, -0.15) is 0 Å². The van der Waals surface area contributed by atoms with Crippen LogP contribution in [0.3, 0.4) is 0 Å². The maximum absolute atomic E-state index is 9.60. The number of aliphatic hydroxyl groups is 1. The molecule has 1 aliphatic carbocycles. The highest BCUT2D eigenvalue weighted by atomic mass is 79.9. The molecule has 2 atom stereocenters. The summed E-state index contributed by atoms with van der Waals surface area (Å²) in [4.78, 5) is 0.